The summed E-state index contributed by atoms with van der Waals surface area (Å²) >= 11 is 0. The molecule has 2 aliphatic carbocycles. The Morgan fingerprint density at radius 3 is 2.65 bits per heavy atom. The van der Waals surface area contributed by atoms with E-state index in [9.17, 15) is 4.79 Å². The quantitative estimate of drug-likeness (QED) is 0.875. The molecule has 3 N–H and O–H groups in total. The number of carbonyl (C=O) groups excluding carboxylic acids is 1. The van der Waals surface area contributed by atoms with E-state index in [1.54, 1.807) is 0 Å². The van der Waals surface area contributed by atoms with Crippen LogP contribution in [0.15, 0.2) is 24.3 Å². The number of anilines is 1. The maximum Gasteiger partial charge on any atom is 0.227 e. The molecule has 1 aromatic rings. The van der Waals surface area contributed by atoms with Crippen LogP contribution in [0.25, 0.3) is 0 Å². The summed E-state index contributed by atoms with van der Waals surface area (Å²) < 4.78 is 5.99. The first-order chi connectivity index (χ1) is 10.7. The molecule has 23 heavy (non-hydrogen) atoms. The summed E-state index contributed by atoms with van der Waals surface area (Å²) in [6, 6.07) is 7.92. The van der Waals surface area contributed by atoms with E-state index in [1.165, 1.54) is 12.8 Å². The standard InChI is InChI=1S/C18H26N2O2.ClH/c19-14-6-3-5-13(11-14)18(21)20-15-7-4-10-17(12-15)22-16-8-1-2-9-16;/h4,7,10,12-14,16H,1-3,5-6,8-9,11,19H2,(H,20,21);1H. The van der Waals surface area contributed by atoms with Gasteiger partial charge in [0.05, 0.1) is 6.10 Å². The summed E-state index contributed by atoms with van der Waals surface area (Å²) in [5.41, 5.74) is 6.79. The largest absolute Gasteiger partial charge is 0.490 e. The first kappa shape index (κ1) is 18.1. The Bertz CT molecular complexity index is 517. The summed E-state index contributed by atoms with van der Waals surface area (Å²) in [6.07, 6.45) is 8.93. The number of hydrogen-bond donors (Lipinski definition) is 2. The summed E-state index contributed by atoms with van der Waals surface area (Å²) in [5.74, 6) is 0.987. The molecule has 2 fully saturated rings. The summed E-state index contributed by atoms with van der Waals surface area (Å²) in [4.78, 5) is 12.4. The summed E-state index contributed by atoms with van der Waals surface area (Å²) in [6.45, 7) is 0. The molecule has 2 aliphatic rings. The lowest BCUT2D eigenvalue weighted by Gasteiger charge is -2.25. The Morgan fingerprint density at radius 1 is 1.13 bits per heavy atom. The molecule has 1 amide bonds. The van der Waals surface area contributed by atoms with Crippen molar-refractivity contribution in [1.82, 2.24) is 0 Å². The van der Waals surface area contributed by atoms with Gasteiger partial charge < -0.3 is 15.8 Å². The number of carbonyl (C=O) groups is 1. The summed E-state index contributed by atoms with van der Waals surface area (Å²) in [5, 5.41) is 3.02. The van der Waals surface area contributed by atoms with Gasteiger partial charge in [0.2, 0.25) is 5.91 Å². The van der Waals surface area contributed by atoms with Gasteiger partial charge in [-0.1, -0.05) is 12.5 Å². The first-order valence-corrected chi connectivity index (χ1v) is 8.54. The van der Waals surface area contributed by atoms with E-state index in [0.717, 1.165) is 50.0 Å². The molecule has 1 aromatic carbocycles. The van der Waals surface area contributed by atoms with Gasteiger partial charge in [0.1, 0.15) is 5.75 Å². The Balaban J connectivity index is 0.00000192. The number of nitrogens with one attached hydrogen (secondary N) is 1. The molecule has 0 radical (unpaired) electrons. The van der Waals surface area contributed by atoms with Crippen LogP contribution < -0.4 is 15.8 Å². The molecule has 5 heteroatoms. The van der Waals surface area contributed by atoms with Crippen molar-refractivity contribution in [3.8, 4) is 5.75 Å². The maximum absolute atomic E-state index is 12.4. The average molecular weight is 339 g/mol. The van der Waals surface area contributed by atoms with E-state index in [0.29, 0.717) is 6.10 Å². The van der Waals surface area contributed by atoms with E-state index < -0.39 is 0 Å². The zero-order valence-corrected chi connectivity index (χ0v) is 14.3. The molecule has 0 aliphatic heterocycles. The maximum atomic E-state index is 12.4. The SMILES string of the molecule is Cl.NC1CCCC(C(=O)Nc2cccc(OC3CCCC3)c2)C1. The molecule has 128 valence electrons. The molecule has 0 saturated heterocycles. The van der Waals surface area contributed by atoms with Gasteiger partial charge in [0, 0.05) is 23.7 Å². The predicted octanol–water partition coefficient (Wildman–Crippen LogP) is 3.89. The Morgan fingerprint density at radius 2 is 1.91 bits per heavy atom. The number of halogens is 1. The molecule has 4 nitrogen and oxygen atoms in total. The number of nitrogens with two attached hydrogens (primary N) is 1. The van der Waals surface area contributed by atoms with Crippen molar-refractivity contribution in [2.45, 2.75) is 63.5 Å². The molecule has 2 saturated carbocycles. The van der Waals surface area contributed by atoms with Gasteiger partial charge in [-0.15, -0.1) is 12.4 Å². The highest BCUT2D eigenvalue weighted by Gasteiger charge is 2.25. The third-order valence-corrected chi connectivity index (χ3v) is 4.79. The Labute approximate surface area is 144 Å². The molecule has 2 atom stereocenters. The van der Waals surface area contributed by atoms with Crippen molar-refractivity contribution >= 4 is 24.0 Å². The number of hydrogen-bond acceptors (Lipinski definition) is 3. The van der Waals surface area contributed by atoms with Gasteiger partial charge in [-0.3, -0.25) is 4.79 Å². The van der Waals surface area contributed by atoms with Gasteiger partial charge in [-0.2, -0.15) is 0 Å². The lowest BCUT2D eigenvalue weighted by atomic mass is 9.85. The molecule has 2 unspecified atom stereocenters. The van der Waals surface area contributed by atoms with Crippen LogP contribution in [0.2, 0.25) is 0 Å². The number of benzene rings is 1. The highest BCUT2D eigenvalue weighted by molar-refractivity contribution is 5.92. The van der Waals surface area contributed by atoms with E-state index in [-0.39, 0.29) is 30.3 Å². The molecular weight excluding hydrogens is 312 g/mol. The second-order valence-electron chi connectivity index (χ2n) is 6.67. The van der Waals surface area contributed by atoms with E-state index in [4.69, 9.17) is 10.5 Å². The average Bonchev–Trinajstić information content (AvgIpc) is 3.00. The molecule has 0 heterocycles. The van der Waals surface area contributed by atoms with Gasteiger partial charge in [0.15, 0.2) is 0 Å². The number of amides is 1. The van der Waals surface area contributed by atoms with E-state index in [1.807, 2.05) is 24.3 Å². The first-order valence-electron chi connectivity index (χ1n) is 8.54. The third-order valence-electron chi connectivity index (χ3n) is 4.79. The molecular formula is C18H27ClN2O2. The smallest absolute Gasteiger partial charge is 0.227 e. The van der Waals surface area contributed by atoms with Crippen LogP contribution in [0, 0.1) is 5.92 Å². The number of ether oxygens (including phenoxy) is 1. The highest BCUT2D eigenvalue weighted by Crippen LogP contribution is 2.27. The van der Waals surface area contributed by atoms with Crippen LogP contribution in [0.1, 0.15) is 51.4 Å². The zero-order valence-electron chi connectivity index (χ0n) is 13.5. The van der Waals surface area contributed by atoms with Crippen molar-refractivity contribution in [3.63, 3.8) is 0 Å². The molecule has 0 aromatic heterocycles. The lowest BCUT2D eigenvalue weighted by Crippen LogP contribution is -2.34. The van der Waals surface area contributed by atoms with Crippen molar-refractivity contribution in [2.24, 2.45) is 11.7 Å². The normalized spacial score (nSPS) is 24.7. The van der Waals surface area contributed by atoms with Gasteiger partial charge in [0.25, 0.3) is 0 Å². The summed E-state index contributed by atoms with van der Waals surface area (Å²) in [7, 11) is 0. The highest BCUT2D eigenvalue weighted by atomic mass is 35.5. The minimum Gasteiger partial charge on any atom is -0.490 e. The zero-order chi connectivity index (χ0) is 15.4. The van der Waals surface area contributed by atoms with Gasteiger partial charge in [-0.25, -0.2) is 0 Å². The van der Waals surface area contributed by atoms with Crippen LogP contribution in [-0.2, 0) is 4.79 Å². The molecule has 3 rings (SSSR count). The van der Waals surface area contributed by atoms with E-state index >= 15 is 0 Å². The van der Waals surface area contributed by atoms with Gasteiger partial charge in [-0.05, 0) is 57.1 Å². The van der Waals surface area contributed by atoms with Crippen LogP contribution in [0.3, 0.4) is 0 Å². The van der Waals surface area contributed by atoms with Crippen LogP contribution in [0.5, 0.6) is 5.75 Å². The second-order valence-corrected chi connectivity index (χ2v) is 6.67. The second kappa shape index (κ2) is 8.55. The predicted molar refractivity (Wildman–Crippen MR) is 95.1 cm³/mol. The fourth-order valence-corrected chi connectivity index (χ4v) is 3.56. The minimum atomic E-state index is 0. The van der Waals surface area contributed by atoms with Crippen molar-refractivity contribution in [1.29, 1.82) is 0 Å². The van der Waals surface area contributed by atoms with Crippen LogP contribution in [0.4, 0.5) is 5.69 Å². The molecule has 0 bridgehead atoms. The number of rotatable bonds is 4. The topological polar surface area (TPSA) is 64.4 Å². The minimum absolute atomic E-state index is 0. The molecule has 0 spiro atoms. The fraction of sp³-hybridized carbons (Fsp3) is 0.611. The van der Waals surface area contributed by atoms with Crippen LogP contribution >= 0.6 is 12.4 Å². The van der Waals surface area contributed by atoms with Crippen molar-refractivity contribution < 1.29 is 9.53 Å². The van der Waals surface area contributed by atoms with Crippen LogP contribution in [-0.4, -0.2) is 18.1 Å². The Kier molecular flexibility index (Phi) is 6.72. The monoisotopic (exact) mass is 338 g/mol. The van der Waals surface area contributed by atoms with E-state index in [2.05, 4.69) is 5.32 Å². The van der Waals surface area contributed by atoms with Gasteiger partial charge >= 0.3 is 0 Å². The Hall–Kier alpha value is -1.26. The third kappa shape index (κ3) is 5.11. The van der Waals surface area contributed by atoms with Crippen molar-refractivity contribution in [3.05, 3.63) is 24.3 Å². The van der Waals surface area contributed by atoms with Crippen molar-refractivity contribution in [2.75, 3.05) is 5.32 Å². The fourth-order valence-electron chi connectivity index (χ4n) is 3.56. The lowest BCUT2D eigenvalue weighted by molar-refractivity contribution is -0.120.